The SMILES string of the molecule is Cc1onc(-c2ccc(F)cc2)c1COc1ccc(N2CCn3c(C)nnc3C2)nn1. The molecule has 4 heterocycles. The summed E-state index contributed by atoms with van der Waals surface area (Å²) in [7, 11) is 0. The summed E-state index contributed by atoms with van der Waals surface area (Å²) in [4.78, 5) is 2.11. The second kappa shape index (κ2) is 7.78. The van der Waals surface area contributed by atoms with E-state index < -0.39 is 0 Å². The molecule has 0 atom stereocenters. The minimum absolute atomic E-state index is 0.210. The van der Waals surface area contributed by atoms with Crippen LogP contribution in [0.1, 0.15) is 23.0 Å². The zero-order valence-electron chi connectivity index (χ0n) is 17.1. The molecule has 0 radical (unpaired) electrons. The monoisotopic (exact) mass is 421 g/mol. The molecular weight excluding hydrogens is 401 g/mol. The Morgan fingerprint density at radius 3 is 2.61 bits per heavy atom. The van der Waals surface area contributed by atoms with Gasteiger partial charge in [-0.05, 0) is 44.2 Å². The lowest BCUT2D eigenvalue weighted by atomic mass is 10.1. The zero-order chi connectivity index (χ0) is 21.4. The van der Waals surface area contributed by atoms with Crippen molar-refractivity contribution in [2.75, 3.05) is 11.4 Å². The van der Waals surface area contributed by atoms with Gasteiger partial charge in [-0.2, -0.15) is 0 Å². The van der Waals surface area contributed by atoms with E-state index in [1.54, 1.807) is 18.2 Å². The average Bonchev–Trinajstić information content (AvgIpc) is 3.35. The predicted octanol–water partition coefficient (Wildman–Crippen LogP) is 3.08. The van der Waals surface area contributed by atoms with Gasteiger partial charge in [0, 0.05) is 24.7 Å². The molecule has 1 aliphatic heterocycles. The second-order valence-electron chi connectivity index (χ2n) is 7.33. The molecule has 1 aliphatic rings. The molecule has 0 N–H and O–H groups in total. The van der Waals surface area contributed by atoms with E-state index in [9.17, 15) is 4.39 Å². The van der Waals surface area contributed by atoms with Gasteiger partial charge in [0.2, 0.25) is 5.88 Å². The molecule has 0 spiro atoms. The molecule has 5 rings (SSSR count). The van der Waals surface area contributed by atoms with E-state index in [4.69, 9.17) is 9.26 Å². The highest BCUT2D eigenvalue weighted by atomic mass is 19.1. The van der Waals surface area contributed by atoms with Crippen molar-refractivity contribution in [3.05, 3.63) is 65.2 Å². The van der Waals surface area contributed by atoms with Gasteiger partial charge >= 0.3 is 0 Å². The fourth-order valence-corrected chi connectivity index (χ4v) is 3.60. The fourth-order valence-electron chi connectivity index (χ4n) is 3.60. The number of hydrogen-bond donors (Lipinski definition) is 0. The molecule has 158 valence electrons. The fraction of sp³-hybridized carbons (Fsp3) is 0.286. The molecule has 0 bridgehead atoms. The smallest absolute Gasteiger partial charge is 0.233 e. The lowest BCUT2D eigenvalue weighted by Crippen LogP contribution is -2.34. The molecule has 9 nitrogen and oxygen atoms in total. The maximum atomic E-state index is 13.2. The van der Waals surface area contributed by atoms with Crippen LogP contribution >= 0.6 is 0 Å². The molecule has 3 aromatic heterocycles. The van der Waals surface area contributed by atoms with Crippen LogP contribution in [0.3, 0.4) is 0 Å². The Hall–Kier alpha value is -3.82. The van der Waals surface area contributed by atoms with Crippen LogP contribution in [0.5, 0.6) is 5.88 Å². The van der Waals surface area contributed by atoms with E-state index in [0.717, 1.165) is 41.7 Å². The summed E-state index contributed by atoms with van der Waals surface area (Å²) in [6.07, 6.45) is 0. The van der Waals surface area contributed by atoms with E-state index >= 15 is 0 Å². The summed E-state index contributed by atoms with van der Waals surface area (Å²) >= 11 is 0. The van der Waals surface area contributed by atoms with Gasteiger partial charge in [-0.1, -0.05) is 5.16 Å². The number of ether oxygens (including phenoxy) is 1. The Morgan fingerprint density at radius 2 is 1.84 bits per heavy atom. The molecule has 0 unspecified atom stereocenters. The summed E-state index contributed by atoms with van der Waals surface area (Å²) in [5, 5.41) is 20.9. The lowest BCUT2D eigenvalue weighted by Gasteiger charge is -2.28. The molecule has 0 amide bonds. The first kappa shape index (κ1) is 19.2. The Kier molecular flexibility index (Phi) is 4.81. The summed E-state index contributed by atoms with van der Waals surface area (Å²) in [6.45, 7) is 6.23. The summed E-state index contributed by atoms with van der Waals surface area (Å²) in [5.41, 5.74) is 2.16. The van der Waals surface area contributed by atoms with E-state index in [2.05, 4.69) is 35.0 Å². The van der Waals surface area contributed by atoms with Crippen molar-refractivity contribution in [1.29, 1.82) is 0 Å². The number of benzene rings is 1. The van der Waals surface area contributed by atoms with Crippen LogP contribution in [0.4, 0.5) is 10.2 Å². The Balaban J connectivity index is 1.27. The first-order chi connectivity index (χ1) is 15.1. The van der Waals surface area contributed by atoms with E-state index in [-0.39, 0.29) is 12.4 Å². The number of halogens is 1. The van der Waals surface area contributed by atoms with Crippen LogP contribution in [-0.2, 0) is 19.7 Å². The number of nitrogens with zero attached hydrogens (tertiary/aromatic N) is 7. The number of rotatable bonds is 5. The average molecular weight is 421 g/mol. The highest BCUT2D eigenvalue weighted by Gasteiger charge is 2.21. The van der Waals surface area contributed by atoms with Crippen molar-refractivity contribution in [3.63, 3.8) is 0 Å². The Bertz CT molecular complexity index is 1200. The van der Waals surface area contributed by atoms with Crippen LogP contribution in [0.15, 0.2) is 40.9 Å². The molecule has 1 aromatic carbocycles. The van der Waals surface area contributed by atoms with Crippen molar-refractivity contribution >= 4 is 5.82 Å². The van der Waals surface area contributed by atoms with Crippen LogP contribution in [0.2, 0.25) is 0 Å². The third kappa shape index (κ3) is 3.72. The molecule has 4 aromatic rings. The third-order valence-corrected chi connectivity index (χ3v) is 5.35. The van der Waals surface area contributed by atoms with E-state index in [0.29, 0.717) is 23.9 Å². The standard InChI is InChI=1S/C21H20FN7O2/c1-13-17(21(27-31-13)15-3-5-16(22)6-4-15)12-30-20-8-7-18(24-26-20)28-9-10-29-14(2)23-25-19(29)11-28/h3-8H,9-12H2,1-2H3. The van der Waals surface area contributed by atoms with Crippen molar-refractivity contribution in [1.82, 2.24) is 30.1 Å². The topological polar surface area (TPSA) is 95.0 Å². The summed E-state index contributed by atoms with van der Waals surface area (Å²) in [5.74, 6) is 3.33. The number of hydrogen-bond acceptors (Lipinski definition) is 8. The minimum Gasteiger partial charge on any atom is -0.472 e. The maximum absolute atomic E-state index is 13.2. The van der Waals surface area contributed by atoms with Crippen molar-refractivity contribution in [3.8, 4) is 17.1 Å². The minimum atomic E-state index is -0.304. The highest BCUT2D eigenvalue weighted by Crippen LogP contribution is 2.27. The number of anilines is 1. The van der Waals surface area contributed by atoms with Gasteiger partial charge in [0.05, 0.1) is 12.1 Å². The van der Waals surface area contributed by atoms with Crippen molar-refractivity contribution in [2.24, 2.45) is 0 Å². The third-order valence-electron chi connectivity index (χ3n) is 5.35. The molecule has 10 heteroatoms. The van der Waals surface area contributed by atoms with Crippen molar-refractivity contribution in [2.45, 2.75) is 33.5 Å². The quantitative estimate of drug-likeness (QED) is 0.485. The molecule has 0 fully saturated rings. The van der Waals surface area contributed by atoms with Crippen molar-refractivity contribution < 1.29 is 13.7 Å². The van der Waals surface area contributed by atoms with Crippen LogP contribution in [0.25, 0.3) is 11.3 Å². The normalized spacial score (nSPS) is 13.3. The van der Waals surface area contributed by atoms with E-state index in [1.165, 1.54) is 12.1 Å². The second-order valence-corrected chi connectivity index (χ2v) is 7.33. The number of fused-ring (bicyclic) bond motifs is 1. The molecule has 31 heavy (non-hydrogen) atoms. The van der Waals surface area contributed by atoms with Gasteiger partial charge in [0.15, 0.2) is 11.6 Å². The first-order valence-corrected chi connectivity index (χ1v) is 9.90. The molecule has 0 saturated heterocycles. The van der Waals surface area contributed by atoms with Gasteiger partial charge in [-0.3, -0.25) is 0 Å². The van der Waals surface area contributed by atoms with Crippen LogP contribution in [0, 0.1) is 19.7 Å². The lowest BCUT2D eigenvalue weighted by molar-refractivity contribution is 0.287. The van der Waals surface area contributed by atoms with Crippen LogP contribution in [-0.4, -0.2) is 36.7 Å². The largest absolute Gasteiger partial charge is 0.472 e. The Labute approximate surface area is 177 Å². The maximum Gasteiger partial charge on any atom is 0.233 e. The highest BCUT2D eigenvalue weighted by molar-refractivity contribution is 5.63. The number of aromatic nitrogens is 6. The van der Waals surface area contributed by atoms with Gasteiger partial charge < -0.3 is 18.7 Å². The zero-order valence-corrected chi connectivity index (χ0v) is 17.1. The molecular formula is C21H20FN7O2. The van der Waals surface area contributed by atoms with Gasteiger partial charge in [0.25, 0.3) is 0 Å². The summed E-state index contributed by atoms with van der Waals surface area (Å²) in [6, 6.07) is 9.75. The molecule has 0 saturated carbocycles. The van der Waals surface area contributed by atoms with E-state index in [1.807, 2.05) is 19.9 Å². The van der Waals surface area contributed by atoms with Gasteiger partial charge in [0.1, 0.15) is 29.7 Å². The first-order valence-electron chi connectivity index (χ1n) is 9.90. The van der Waals surface area contributed by atoms with Gasteiger partial charge in [-0.15, -0.1) is 20.4 Å². The van der Waals surface area contributed by atoms with Crippen LogP contribution < -0.4 is 9.64 Å². The number of aryl methyl sites for hydroxylation is 2. The molecule has 0 aliphatic carbocycles. The Morgan fingerprint density at radius 1 is 1.00 bits per heavy atom. The summed E-state index contributed by atoms with van der Waals surface area (Å²) < 4.78 is 26.5. The van der Waals surface area contributed by atoms with Gasteiger partial charge in [-0.25, -0.2) is 4.39 Å². The predicted molar refractivity (Wildman–Crippen MR) is 109 cm³/mol.